The van der Waals surface area contributed by atoms with Gasteiger partial charge >= 0.3 is 6.03 Å². The van der Waals surface area contributed by atoms with Crippen molar-refractivity contribution in [1.82, 2.24) is 15.7 Å². The second-order valence-electron chi connectivity index (χ2n) is 7.95. The van der Waals surface area contributed by atoms with Crippen LogP contribution < -0.4 is 20.9 Å². The molecule has 0 saturated heterocycles. The molecule has 9 nitrogen and oxygen atoms in total. The molecule has 0 aliphatic heterocycles. The lowest BCUT2D eigenvalue weighted by Crippen LogP contribution is -2.43. The third kappa shape index (κ3) is 8.26. The van der Waals surface area contributed by atoms with Gasteiger partial charge < -0.3 is 20.3 Å². The van der Waals surface area contributed by atoms with Gasteiger partial charge in [0.2, 0.25) is 5.91 Å². The predicted octanol–water partition coefficient (Wildman–Crippen LogP) is 3.02. The van der Waals surface area contributed by atoms with Crippen LogP contribution in [0.15, 0.2) is 18.2 Å². The van der Waals surface area contributed by atoms with Crippen molar-refractivity contribution in [2.24, 2.45) is 11.8 Å². The topological polar surface area (TPSA) is 120 Å². The van der Waals surface area contributed by atoms with E-state index in [9.17, 15) is 14.4 Å². The molecule has 172 valence electrons. The second-order valence-corrected chi connectivity index (χ2v) is 8.39. The van der Waals surface area contributed by atoms with E-state index in [0.29, 0.717) is 28.9 Å². The van der Waals surface area contributed by atoms with Gasteiger partial charge in [0.05, 0.1) is 12.8 Å². The van der Waals surface area contributed by atoms with Gasteiger partial charge in [-0.15, -0.1) is 0 Å². The second kappa shape index (κ2) is 12.4. The maximum atomic E-state index is 12.8. The Kier molecular flexibility index (Phi) is 9.87. The molecule has 1 aromatic rings. The summed E-state index contributed by atoms with van der Waals surface area (Å²) in [5.74, 6) is -0.0914. The Hall–Kier alpha value is -2.52. The Bertz CT molecular complexity index is 770. The summed E-state index contributed by atoms with van der Waals surface area (Å²) < 4.78 is 5.20. The number of halogens is 1. The van der Waals surface area contributed by atoms with Gasteiger partial charge in [-0.25, -0.2) is 10.3 Å². The molecule has 4 N–H and O–H groups in total. The van der Waals surface area contributed by atoms with Crippen LogP contribution >= 0.6 is 11.6 Å². The first-order chi connectivity index (χ1) is 14.8. The third-order valence-corrected chi connectivity index (χ3v) is 5.54. The van der Waals surface area contributed by atoms with Crippen molar-refractivity contribution in [3.63, 3.8) is 0 Å². The fourth-order valence-corrected chi connectivity index (χ4v) is 3.85. The molecule has 1 saturated carbocycles. The molecule has 1 aliphatic rings. The number of nitrogens with one attached hydrogen (secondary N) is 3. The van der Waals surface area contributed by atoms with E-state index in [4.69, 9.17) is 21.5 Å². The molecule has 2 rings (SSSR count). The molecule has 0 heterocycles. The number of carbonyl (C=O) groups excluding carboxylic acids is 3. The summed E-state index contributed by atoms with van der Waals surface area (Å²) in [4.78, 5) is 38.1. The summed E-state index contributed by atoms with van der Waals surface area (Å²) in [6, 6.07) is 4.45. The predicted molar refractivity (Wildman–Crippen MR) is 117 cm³/mol. The van der Waals surface area contributed by atoms with Crippen LogP contribution in [0.3, 0.4) is 0 Å². The van der Waals surface area contributed by atoms with E-state index in [1.807, 2.05) is 6.92 Å². The largest absolute Gasteiger partial charge is 0.495 e. The molecule has 0 radical (unpaired) electrons. The number of hydrogen-bond donors (Lipinski definition) is 4. The van der Waals surface area contributed by atoms with E-state index in [-0.39, 0.29) is 31.3 Å². The number of hydrogen-bond acceptors (Lipinski definition) is 5. The van der Waals surface area contributed by atoms with Crippen LogP contribution in [0.5, 0.6) is 5.75 Å². The number of nitrogens with zero attached hydrogens (tertiary/aromatic N) is 1. The normalized spacial score (nSPS) is 14.6. The van der Waals surface area contributed by atoms with Gasteiger partial charge in [0.25, 0.3) is 5.91 Å². The molecule has 31 heavy (non-hydrogen) atoms. The first-order valence-electron chi connectivity index (χ1n) is 10.4. The lowest BCUT2D eigenvalue weighted by atomic mass is 10.0. The minimum atomic E-state index is -0.619. The molecule has 0 spiro atoms. The zero-order valence-corrected chi connectivity index (χ0v) is 18.7. The zero-order valence-electron chi connectivity index (χ0n) is 17.9. The number of benzene rings is 1. The molecular formula is C21H31ClN4O5. The number of hydroxylamine groups is 1. The van der Waals surface area contributed by atoms with E-state index in [1.54, 1.807) is 23.7 Å². The lowest BCUT2D eigenvalue weighted by Gasteiger charge is -2.26. The minimum absolute atomic E-state index is 0.150. The zero-order chi connectivity index (χ0) is 22.8. The van der Waals surface area contributed by atoms with Gasteiger partial charge in [0.15, 0.2) is 0 Å². The molecule has 0 aromatic heterocycles. The third-order valence-electron chi connectivity index (χ3n) is 5.31. The van der Waals surface area contributed by atoms with Gasteiger partial charge in [-0.1, -0.05) is 31.4 Å². The average Bonchev–Trinajstić information content (AvgIpc) is 3.25. The molecule has 0 bridgehead atoms. The summed E-state index contributed by atoms with van der Waals surface area (Å²) in [5.41, 5.74) is 2.03. The van der Waals surface area contributed by atoms with Gasteiger partial charge in [0, 0.05) is 24.5 Å². The number of urea groups is 1. The van der Waals surface area contributed by atoms with Crippen LogP contribution in [0.1, 0.15) is 39.0 Å². The van der Waals surface area contributed by atoms with Gasteiger partial charge in [-0.2, -0.15) is 0 Å². The molecule has 4 amide bonds. The molecule has 1 atom stereocenters. The van der Waals surface area contributed by atoms with Crippen LogP contribution in [0.2, 0.25) is 5.02 Å². The summed E-state index contributed by atoms with van der Waals surface area (Å²) in [6.45, 7) is 2.43. The molecule has 1 unspecified atom stereocenters. The number of methoxy groups -OCH3 is 1. The number of carbonyl (C=O) groups is 3. The molecule has 10 heteroatoms. The van der Waals surface area contributed by atoms with Crippen molar-refractivity contribution in [1.29, 1.82) is 0 Å². The Balaban J connectivity index is 1.85. The highest BCUT2D eigenvalue weighted by molar-refractivity contribution is 6.31. The van der Waals surface area contributed by atoms with Crippen molar-refractivity contribution in [3.8, 4) is 5.75 Å². The molecule has 1 fully saturated rings. The van der Waals surface area contributed by atoms with Crippen molar-refractivity contribution >= 4 is 35.1 Å². The minimum Gasteiger partial charge on any atom is -0.495 e. The van der Waals surface area contributed by atoms with Crippen molar-refractivity contribution < 1.29 is 24.3 Å². The Morgan fingerprint density at radius 1 is 1.29 bits per heavy atom. The maximum absolute atomic E-state index is 12.8. The fraction of sp³-hybridized carbons (Fsp3) is 0.571. The average molecular weight is 455 g/mol. The Morgan fingerprint density at radius 3 is 2.65 bits per heavy atom. The standard InChI is InChI=1S/C21H31ClN4O5/c1-14(11-23-21(29)24-17-10-16(22)7-8-18(17)31-2)9-20(28)26(13-19(27)25-30)12-15-5-3-4-6-15/h7-8,10,14-15,30H,3-6,9,11-13H2,1-2H3,(H,25,27)(H2,23,24,29). The highest BCUT2D eigenvalue weighted by atomic mass is 35.5. The highest BCUT2D eigenvalue weighted by Gasteiger charge is 2.25. The summed E-state index contributed by atoms with van der Waals surface area (Å²) in [6.07, 6.45) is 4.51. The van der Waals surface area contributed by atoms with Crippen molar-refractivity contribution in [2.45, 2.75) is 39.0 Å². The van der Waals surface area contributed by atoms with Crippen molar-refractivity contribution in [3.05, 3.63) is 23.2 Å². The summed E-state index contributed by atoms with van der Waals surface area (Å²) in [5, 5.41) is 14.7. The van der Waals surface area contributed by atoms with Gasteiger partial charge in [-0.3, -0.25) is 14.8 Å². The first-order valence-corrected chi connectivity index (χ1v) is 10.8. The van der Waals surface area contributed by atoms with E-state index in [0.717, 1.165) is 25.7 Å². The molecular weight excluding hydrogens is 424 g/mol. The van der Waals surface area contributed by atoms with Crippen LogP contribution in [-0.2, 0) is 9.59 Å². The Labute approximate surface area is 187 Å². The quantitative estimate of drug-likeness (QED) is 0.320. The monoisotopic (exact) mass is 454 g/mol. The highest BCUT2D eigenvalue weighted by Crippen LogP contribution is 2.28. The number of amides is 4. The molecule has 1 aliphatic carbocycles. The number of ether oxygens (including phenoxy) is 1. The summed E-state index contributed by atoms with van der Waals surface area (Å²) in [7, 11) is 1.49. The van der Waals surface area contributed by atoms with E-state index in [2.05, 4.69) is 10.6 Å². The van der Waals surface area contributed by atoms with Crippen LogP contribution in [-0.4, -0.2) is 54.7 Å². The number of anilines is 1. The number of rotatable bonds is 10. The van der Waals surface area contributed by atoms with E-state index in [1.165, 1.54) is 12.0 Å². The smallest absolute Gasteiger partial charge is 0.319 e. The summed E-state index contributed by atoms with van der Waals surface area (Å²) >= 11 is 5.97. The van der Waals surface area contributed by atoms with Crippen LogP contribution in [0.4, 0.5) is 10.5 Å². The van der Waals surface area contributed by atoms with Crippen LogP contribution in [0.25, 0.3) is 0 Å². The van der Waals surface area contributed by atoms with Crippen LogP contribution in [0, 0.1) is 11.8 Å². The van der Waals surface area contributed by atoms with E-state index < -0.39 is 11.9 Å². The fourth-order valence-electron chi connectivity index (χ4n) is 3.68. The maximum Gasteiger partial charge on any atom is 0.319 e. The first kappa shape index (κ1) is 24.7. The van der Waals surface area contributed by atoms with E-state index >= 15 is 0 Å². The van der Waals surface area contributed by atoms with Crippen molar-refractivity contribution in [2.75, 3.05) is 32.1 Å². The van der Waals surface area contributed by atoms with Gasteiger partial charge in [0.1, 0.15) is 12.3 Å². The SMILES string of the molecule is COc1ccc(Cl)cc1NC(=O)NCC(C)CC(=O)N(CC(=O)NO)CC1CCCC1. The van der Waals surface area contributed by atoms with Gasteiger partial charge in [-0.05, 0) is 42.9 Å². The molecule has 1 aromatic carbocycles. The Morgan fingerprint density at radius 2 is 2.00 bits per heavy atom. The lowest BCUT2D eigenvalue weighted by molar-refractivity contribution is -0.140.